The van der Waals surface area contributed by atoms with Gasteiger partial charge < -0.3 is 9.30 Å². The van der Waals surface area contributed by atoms with Crippen LogP contribution in [0, 0.1) is 0 Å². The largest absolute Gasteiger partial charge is 0.383 e. The zero-order valence-corrected chi connectivity index (χ0v) is 10.6. The van der Waals surface area contributed by atoms with E-state index in [1.807, 2.05) is 10.6 Å². The zero-order valence-electron chi connectivity index (χ0n) is 10.6. The van der Waals surface area contributed by atoms with Gasteiger partial charge in [0.1, 0.15) is 0 Å². The molecule has 0 atom stereocenters. The SMILES string of the molecule is COCCn1c2c(ccc1=O)CCCCCC2. The van der Waals surface area contributed by atoms with Crippen molar-refractivity contribution < 1.29 is 4.74 Å². The van der Waals surface area contributed by atoms with Crippen LogP contribution in [0.2, 0.25) is 0 Å². The molecule has 17 heavy (non-hydrogen) atoms. The van der Waals surface area contributed by atoms with Gasteiger partial charge in [-0.05, 0) is 31.2 Å². The fourth-order valence-corrected chi connectivity index (χ4v) is 2.58. The summed E-state index contributed by atoms with van der Waals surface area (Å²) >= 11 is 0. The molecule has 94 valence electrons. The number of ether oxygens (including phenoxy) is 1. The predicted molar refractivity (Wildman–Crippen MR) is 68.5 cm³/mol. The molecule has 1 aliphatic carbocycles. The normalized spacial score (nSPS) is 16.1. The zero-order chi connectivity index (χ0) is 12.1. The molecular formula is C14H21NO2. The van der Waals surface area contributed by atoms with Crippen molar-refractivity contribution in [1.82, 2.24) is 4.57 Å². The number of rotatable bonds is 3. The Labute approximate surface area is 102 Å². The van der Waals surface area contributed by atoms with Crippen LogP contribution < -0.4 is 5.56 Å². The molecule has 0 aromatic carbocycles. The third-order valence-corrected chi connectivity index (χ3v) is 3.52. The average molecular weight is 235 g/mol. The van der Waals surface area contributed by atoms with Crippen molar-refractivity contribution in [1.29, 1.82) is 0 Å². The molecule has 3 heteroatoms. The second-order valence-corrected chi connectivity index (χ2v) is 4.70. The van der Waals surface area contributed by atoms with Gasteiger partial charge in [0.2, 0.25) is 0 Å². The summed E-state index contributed by atoms with van der Waals surface area (Å²) in [6.45, 7) is 1.29. The minimum Gasteiger partial charge on any atom is -0.383 e. The standard InChI is InChI=1S/C14H21NO2/c1-17-11-10-15-13-7-5-3-2-4-6-12(13)8-9-14(15)16/h8-9H,2-7,10-11H2,1H3. The van der Waals surface area contributed by atoms with E-state index in [1.165, 1.54) is 36.9 Å². The summed E-state index contributed by atoms with van der Waals surface area (Å²) in [5.74, 6) is 0. The maximum Gasteiger partial charge on any atom is 0.250 e. The number of fused-ring (bicyclic) bond motifs is 1. The van der Waals surface area contributed by atoms with Crippen molar-refractivity contribution in [2.45, 2.75) is 45.1 Å². The molecule has 1 aromatic rings. The molecule has 0 aliphatic heterocycles. The van der Waals surface area contributed by atoms with E-state index in [0.717, 1.165) is 12.8 Å². The number of hydrogen-bond donors (Lipinski definition) is 0. The first-order valence-corrected chi connectivity index (χ1v) is 6.53. The lowest BCUT2D eigenvalue weighted by atomic mass is 9.97. The van der Waals surface area contributed by atoms with Gasteiger partial charge in [0, 0.05) is 25.4 Å². The van der Waals surface area contributed by atoms with Gasteiger partial charge in [0.05, 0.1) is 6.61 Å². The molecular weight excluding hydrogens is 214 g/mol. The van der Waals surface area contributed by atoms with Crippen LogP contribution in [0.3, 0.4) is 0 Å². The minimum absolute atomic E-state index is 0.112. The first-order chi connectivity index (χ1) is 8.33. The Kier molecular flexibility index (Phi) is 4.37. The molecule has 2 rings (SSSR count). The summed E-state index contributed by atoms with van der Waals surface area (Å²) < 4.78 is 6.99. The van der Waals surface area contributed by atoms with Gasteiger partial charge in [0.15, 0.2) is 0 Å². The van der Waals surface area contributed by atoms with Crippen LogP contribution in [0.1, 0.15) is 36.9 Å². The highest BCUT2D eigenvalue weighted by Gasteiger charge is 2.11. The molecule has 0 saturated heterocycles. The van der Waals surface area contributed by atoms with E-state index in [0.29, 0.717) is 13.2 Å². The molecule has 0 radical (unpaired) electrons. The van der Waals surface area contributed by atoms with E-state index in [1.54, 1.807) is 13.2 Å². The number of methoxy groups -OCH3 is 1. The van der Waals surface area contributed by atoms with Crippen molar-refractivity contribution in [2.24, 2.45) is 0 Å². The molecule has 1 aliphatic rings. The number of nitrogens with zero attached hydrogens (tertiary/aromatic N) is 1. The summed E-state index contributed by atoms with van der Waals surface area (Å²) in [6.07, 6.45) is 7.19. The monoisotopic (exact) mass is 235 g/mol. The van der Waals surface area contributed by atoms with Gasteiger partial charge in [-0.15, -0.1) is 0 Å². The van der Waals surface area contributed by atoms with Gasteiger partial charge in [-0.2, -0.15) is 0 Å². The topological polar surface area (TPSA) is 31.2 Å². The molecule has 0 fully saturated rings. The van der Waals surface area contributed by atoms with E-state index in [2.05, 4.69) is 0 Å². The van der Waals surface area contributed by atoms with Crippen molar-refractivity contribution in [3.05, 3.63) is 33.7 Å². The first-order valence-electron chi connectivity index (χ1n) is 6.53. The van der Waals surface area contributed by atoms with Crippen LogP contribution in [0.4, 0.5) is 0 Å². The van der Waals surface area contributed by atoms with Crippen LogP contribution in [-0.4, -0.2) is 18.3 Å². The molecule has 0 spiro atoms. The Hall–Kier alpha value is -1.09. The Balaban J connectivity index is 2.34. The Morgan fingerprint density at radius 1 is 1.18 bits per heavy atom. The van der Waals surface area contributed by atoms with Gasteiger partial charge in [-0.3, -0.25) is 4.79 Å². The third-order valence-electron chi connectivity index (χ3n) is 3.52. The molecule has 0 bridgehead atoms. The Morgan fingerprint density at radius 3 is 2.71 bits per heavy atom. The number of aryl methyl sites for hydroxylation is 1. The molecule has 1 aromatic heterocycles. The van der Waals surface area contributed by atoms with Gasteiger partial charge in [-0.1, -0.05) is 18.9 Å². The maximum absolute atomic E-state index is 11.9. The highest BCUT2D eigenvalue weighted by Crippen LogP contribution is 2.18. The third kappa shape index (κ3) is 2.97. The van der Waals surface area contributed by atoms with Gasteiger partial charge in [0.25, 0.3) is 5.56 Å². The minimum atomic E-state index is 0.112. The second-order valence-electron chi connectivity index (χ2n) is 4.70. The van der Waals surface area contributed by atoms with Crippen molar-refractivity contribution in [3.8, 4) is 0 Å². The molecule has 0 amide bonds. The molecule has 0 saturated carbocycles. The highest BCUT2D eigenvalue weighted by molar-refractivity contribution is 5.22. The summed E-state index contributed by atoms with van der Waals surface area (Å²) in [5, 5.41) is 0. The first kappa shape index (κ1) is 12.4. The van der Waals surface area contributed by atoms with Crippen LogP contribution in [0.15, 0.2) is 16.9 Å². The summed E-state index contributed by atoms with van der Waals surface area (Å²) in [7, 11) is 1.68. The van der Waals surface area contributed by atoms with Crippen LogP contribution in [-0.2, 0) is 24.1 Å². The van der Waals surface area contributed by atoms with Crippen molar-refractivity contribution in [3.63, 3.8) is 0 Å². The number of hydrogen-bond acceptors (Lipinski definition) is 2. The Bertz CT molecular complexity index is 423. The molecule has 3 nitrogen and oxygen atoms in total. The van der Waals surface area contributed by atoms with Crippen LogP contribution in [0.5, 0.6) is 0 Å². The fourth-order valence-electron chi connectivity index (χ4n) is 2.58. The lowest BCUT2D eigenvalue weighted by Crippen LogP contribution is -2.26. The maximum atomic E-state index is 11.9. The van der Waals surface area contributed by atoms with E-state index in [4.69, 9.17) is 4.74 Å². The van der Waals surface area contributed by atoms with Gasteiger partial charge in [-0.25, -0.2) is 0 Å². The van der Waals surface area contributed by atoms with E-state index in [9.17, 15) is 4.79 Å². The van der Waals surface area contributed by atoms with E-state index in [-0.39, 0.29) is 5.56 Å². The quantitative estimate of drug-likeness (QED) is 0.804. The van der Waals surface area contributed by atoms with Gasteiger partial charge >= 0.3 is 0 Å². The number of aromatic nitrogens is 1. The van der Waals surface area contributed by atoms with Crippen molar-refractivity contribution >= 4 is 0 Å². The Morgan fingerprint density at radius 2 is 1.94 bits per heavy atom. The second kappa shape index (κ2) is 6.01. The molecule has 0 unspecified atom stereocenters. The summed E-state index contributed by atoms with van der Waals surface area (Å²) in [6, 6.07) is 3.72. The van der Waals surface area contributed by atoms with Crippen LogP contribution in [0.25, 0.3) is 0 Å². The van der Waals surface area contributed by atoms with Crippen LogP contribution >= 0.6 is 0 Å². The smallest absolute Gasteiger partial charge is 0.250 e. The fraction of sp³-hybridized carbons (Fsp3) is 0.643. The average Bonchev–Trinajstić information content (AvgIpc) is 2.30. The molecule has 0 N–H and O–H groups in total. The lowest BCUT2D eigenvalue weighted by Gasteiger charge is -2.19. The van der Waals surface area contributed by atoms with E-state index < -0.39 is 0 Å². The van der Waals surface area contributed by atoms with Crippen molar-refractivity contribution in [2.75, 3.05) is 13.7 Å². The lowest BCUT2D eigenvalue weighted by molar-refractivity contribution is 0.185. The number of pyridine rings is 1. The summed E-state index contributed by atoms with van der Waals surface area (Å²) in [4.78, 5) is 11.9. The predicted octanol–water partition coefficient (Wildman–Crippen LogP) is 2.15. The van der Waals surface area contributed by atoms with E-state index >= 15 is 0 Å². The highest BCUT2D eigenvalue weighted by atomic mass is 16.5. The molecule has 1 heterocycles. The summed E-state index contributed by atoms with van der Waals surface area (Å²) in [5.41, 5.74) is 2.72.